The first-order valence-corrected chi connectivity index (χ1v) is 6.10. The van der Waals surface area contributed by atoms with Crippen molar-refractivity contribution >= 4 is 17.7 Å². The molecule has 0 atom stereocenters. The Morgan fingerprint density at radius 1 is 1.69 bits per heavy atom. The van der Waals surface area contributed by atoms with E-state index in [1.54, 1.807) is 18.2 Å². The summed E-state index contributed by atoms with van der Waals surface area (Å²) in [6, 6.07) is 5.73. The molecule has 1 aromatic rings. The van der Waals surface area contributed by atoms with Crippen LogP contribution in [0.5, 0.6) is 0 Å². The molecule has 0 saturated carbocycles. The van der Waals surface area contributed by atoms with Crippen molar-refractivity contribution in [2.45, 2.75) is 12.2 Å². The minimum absolute atomic E-state index is 0.0480. The van der Waals surface area contributed by atoms with E-state index in [2.05, 4.69) is 0 Å². The van der Waals surface area contributed by atoms with Crippen LogP contribution < -0.4 is 0 Å². The third-order valence-electron chi connectivity index (χ3n) is 2.03. The highest BCUT2D eigenvalue weighted by atomic mass is 32.2. The first kappa shape index (κ1) is 12.7. The van der Waals surface area contributed by atoms with E-state index in [1.807, 2.05) is 18.2 Å². The molecule has 0 unspecified atom stereocenters. The summed E-state index contributed by atoms with van der Waals surface area (Å²) in [6.45, 7) is 0.497. The summed E-state index contributed by atoms with van der Waals surface area (Å²) in [5.74, 6) is 2.04. The molecule has 5 heteroatoms. The second-order valence-electron chi connectivity index (χ2n) is 3.30. The molecule has 86 valence electrons. The molecular weight excluding hydrogens is 224 g/mol. The molecule has 0 aliphatic rings. The molecule has 4 nitrogen and oxygen atoms in total. The predicted molar refractivity (Wildman–Crippen MR) is 62.7 cm³/mol. The summed E-state index contributed by atoms with van der Waals surface area (Å²) < 4.78 is 5.15. The predicted octanol–water partition coefficient (Wildman–Crippen LogP) is 1.88. The van der Waals surface area contributed by atoms with Gasteiger partial charge in [-0.15, -0.1) is 11.8 Å². The zero-order valence-electron chi connectivity index (χ0n) is 9.18. The average molecular weight is 238 g/mol. The van der Waals surface area contributed by atoms with Crippen LogP contribution in [0.3, 0.4) is 0 Å². The molecule has 0 bridgehead atoms. The number of thioether (sulfide) groups is 1. The Morgan fingerprint density at radius 3 is 3.12 bits per heavy atom. The summed E-state index contributed by atoms with van der Waals surface area (Å²) in [5, 5.41) is 8.39. The summed E-state index contributed by atoms with van der Waals surface area (Å²) >= 11 is 1.51. The standard InChI is InChI=1S/C11H14N2O2S/c1-13(6-3-5-12)11(14)9-16-8-10-4-2-7-15-10/h2,4,7H,3,6,8-9H2,1H3. The van der Waals surface area contributed by atoms with Crippen molar-refractivity contribution in [3.8, 4) is 6.07 Å². The zero-order chi connectivity index (χ0) is 11.8. The smallest absolute Gasteiger partial charge is 0.232 e. The lowest BCUT2D eigenvalue weighted by atomic mass is 10.4. The van der Waals surface area contributed by atoms with Gasteiger partial charge in [0.05, 0.1) is 30.3 Å². The van der Waals surface area contributed by atoms with Crippen LogP contribution in [0.25, 0.3) is 0 Å². The van der Waals surface area contributed by atoms with Crippen LogP contribution in [0.2, 0.25) is 0 Å². The van der Waals surface area contributed by atoms with E-state index in [1.165, 1.54) is 11.8 Å². The van der Waals surface area contributed by atoms with E-state index in [0.29, 0.717) is 24.5 Å². The molecule has 0 saturated heterocycles. The van der Waals surface area contributed by atoms with E-state index in [4.69, 9.17) is 9.68 Å². The maximum Gasteiger partial charge on any atom is 0.232 e. The Hall–Kier alpha value is -1.41. The number of hydrogen-bond acceptors (Lipinski definition) is 4. The van der Waals surface area contributed by atoms with E-state index in [-0.39, 0.29) is 5.91 Å². The second-order valence-corrected chi connectivity index (χ2v) is 4.28. The lowest BCUT2D eigenvalue weighted by Gasteiger charge is -2.14. The lowest BCUT2D eigenvalue weighted by Crippen LogP contribution is -2.29. The van der Waals surface area contributed by atoms with Crippen molar-refractivity contribution in [1.29, 1.82) is 5.26 Å². The van der Waals surface area contributed by atoms with Gasteiger partial charge >= 0.3 is 0 Å². The molecular formula is C11H14N2O2S. The third-order valence-corrected chi connectivity index (χ3v) is 2.97. The number of carbonyl (C=O) groups is 1. The highest BCUT2D eigenvalue weighted by molar-refractivity contribution is 7.99. The number of nitriles is 1. The molecule has 0 fully saturated rings. The molecule has 0 N–H and O–H groups in total. The normalized spacial score (nSPS) is 9.75. The van der Waals surface area contributed by atoms with Gasteiger partial charge in [0, 0.05) is 13.6 Å². The average Bonchev–Trinajstić information content (AvgIpc) is 2.78. The molecule has 0 aliphatic heterocycles. The topological polar surface area (TPSA) is 57.2 Å². The zero-order valence-corrected chi connectivity index (χ0v) is 10.00. The number of nitrogens with zero attached hydrogens (tertiary/aromatic N) is 2. The SMILES string of the molecule is CN(CCC#N)C(=O)CSCc1ccco1. The molecule has 1 rings (SSSR count). The van der Waals surface area contributed by atoms with Gasteiger partial charge in [-0.1, -0.05) is 0 Å². The summed E-state index contributed by atoms with van der Waals surface area (Å²) in [6.07, 6.45) is 2.00. The van der Waals surface area contributed by atoms with Gasteiger partial charge < -0.3 is 9.32 Å². The van der Waals surface area contributed by atoms with Gasteiger partial charge in [-0.3, -0.25) is 4.79 Å². The minimum atomic E-state index is 0.0480. The Morgan fingerprint density at radius 2 is 2.50 bits per heavy atom. The second kappa shape index (κ2) is 6.96. The van der Waals surface area contributed by atoms with Crippen molar-refractivity contribution in [2.75, 3.05) is 19.3 Å². The quantitative estimate of drug-likeness (QED) is 0.759. The van der Waals surface area contributed by atoms with Crippen molar-refractivity contribution in [2.24, 2.45) is 0 Å². The number of hydrogen-bond donors (Lipinski definition) is 0. The molecule has 1 heterocycles. The van der Waals surface area contributed by atoms with Gasteiger partial charge in [-0.05, 0) is 12.1 Å². The van der Waals surface area contributed by atoms with Gasteiger partial charge in [0.2, 0.25) is 5.91 Å². The highest BCUT2D eigenvalue weighted by Gasteiger charge is 2.08. The minimum Gasteiger partial charge on any atom is -0.468 e. The molecule has 0 aliphatic carbocycles. The highest BCUT2D eigenvalue weighted by Crippen LogP contribution is 2.12. The fraction of sp³-hybridized carbons (Fsp3) is 0.455. The van der Waals surface area contributed by atoms with Gasteiger partial charge in [0.25, 0.3) is 0 Å². The first-order valence-electron chi connectivity index (χ1n) is 4.95. The Labute approximate surface area is 99.2 Å². The van der Waals surface area contributed by atoms with Gasteiger partial charge in [0.1, 0.15) is 5.76 Å². The van der Waals surface area contributed by atoms with Gasteiger partial charge in [-0.25, -0.2) is 0 Å². The monoisotopic (exact) mass is 238 g/mol. The molecule has 1 aromatic heterocycles. The van der Waals surface area contributed by atoms with Crippen LogP contribution in [0, 0.1) is 11.3 Å². The molecule has 16 heavy (non-hydrogen) atoms. The first-order chi connectivity index (χ1) is 7.74. The molecule has 0 radical (unpaired) electrons. The largest absolute Gasteiger partial charge is 0.468 e. The third kappa shape index (κ3) is 4.41. The Kier molecular flexibility index (Phi) is 5.51. The van der Waals surface area contributed by atoms with Crippen molar-refractivity contribution in [3.63, 3.8) is 0 Å². The fourth-order valence-electron chi connectivity index (χ4n) is 1.09. The number of furan rings is 1. The number of amides is 1. The van der Waals surface area contributed by atoms with Crippen LogP contribution in [0.4, 0.5) is 0 Å². The van der Waals surface area contributed by atoms with Crippen LogP contribution in [-0.4, -0.2) is 30.2 Å². The fourth-order valence-corrected chi connectivity index (χ4v) is 1.95. The van der Waals surface area contributed by atoms with E-state index in [9.17, 15) is 4.79 Å². The Balaban J connectivity index is 2.17. The number of rotatable bonds is 6. The lowest BCUT2D eigenvalue weighted by molar-refractivity contribution is -0.127. The molecule has 0 aromatic carbocycles. The van der Waals surface area contributed by atoms with Gasteiger partial charge in [-0.2, -0.15) is 5.26 Å². The van der Waals surface area contributed by atoms with E-state index in [0.717, 1.165) is 5.76 Å². The summed E-state index contributed by atoms with van der Waals surface area (Å²) in [4.78, 5) is 13.1. The van der Waals surface area contributed by atoms with Crippen molar-refractivity contribution in [3.05, 3.63) is 24.2 Å². The van der Waals surface area contributed by atoms with Gasteiger partial charge in [0.15, 0.2) is 0 Å². The van der Waals surface area contributed by atoms with Crippen LogP contribution in [0.1, 0.15) is 12.2 Å². The maximum atomic E-state index is 11.5. The van der Waals surface area contributed by atoms with E-state index >= 15 is 0 Å². The van der Waals surface area contributed by atoms with Crippen LogP contribution in [0.15, 0.2) is 22.8 Å². The van der Waals surface area contributed by atoms with Crippen molar-refractivity contribution in [1.82, 2.24) is 4.90 Å². The Bertz CT molecular complexity index is 357. The maximum absolute atomic E-state index is 11.5. The summed E-state index contributed by atoms with van der Waals surface area (Å²) in [5.41, 5.74) is 0. The molecule has 1 amide bonds. The van der Waals surface area contributed by atoms with E-state index < -0.39 is 0 Å². The van der Waals surface area contributed by atoms with Crippen LogP contribution >= 0.6 is 11.8 Å². The number of carbonyl (C=O) groups excluding carboxylic acids is 1. The molecule has 0 spiro atoms. The summed E-state index contributed by atoms with van der Waals surface area (Å²) in [7, 11) is 1.72. The van der Waals surface area contributed by atoms with Crippen molar-refractivity contribution < 1.29 is 9.21 Å². The van der Waals surface area contributed by atoms with Crippen LogP contribution in [-0.2, 0) is 10.5 Å².